The van der Waals surface area contributed by atoms with Crippen LogP contribution in [0, 0.1) is 13.8 Å². The summed E-state index contributed by atoms with van der Waals surface area (Å²) < 4.78 is 1.08. The van der Waals surface area contributed by atoms with Crippen molar-refractivity contribution in [2.75, 3.05) is 29.9 Å². The van der Waals surface area contributed by atoms with Crippen LogP contribution in [-0.4, -0.2) is 46.6 Å². The Balaban J connectivity index is 1.44. The first-order valence-corrected chi connectivity index (χ1v) is 9.94. The summed E-state index contributed by atoms with van der Waals surface area (Å²) in [6.07, 6.45) is 1.82. The van der Waals surface area contributed by atoms with Crippen molar-refractivity contribution in [2.45, 2.75) is 26.8 Å². The minimum atomic E-state index is -0.0873. The number of pyridine rings is 1. The molecule has 0 saturated carbocycles. The smallest absolute Gasteiger partial charge is 0.324 e. The SMILES string of the molecule is Cc1ccc2sc(NC(=O)N3CCN(c4ncccc4C)CC3C)nc2c1. The number of carbonyl (C=O) groups excluding carboxylic acids is 1. The molecule has 1 saturated heterocycles. The van der Waals surface area contributed by atoms with E-state index in [-0.39, 0.29) is 12.1 Å². The topological polar surface area (TPSA) is 61.4 Å². The lowest BCUT2D eigenvalue weighted by molar-refractivity contribution is 0.184. The molecule has 27 heavy (non-hydrogen) atoms. The zero-order valence-corrected chi connectivity index (χ0v) is 16.6. The first-order chi connectivity index (χ1) is 13.0. The van der Waals surface area contributed by atoms with E-state index in [4.69, 9.17) is 0 Å². The number of nitrogens with zero attached hydrogens (tertiary/aromatic N) is 4. The number of hydrogen-bond acceptors (Lipinski definition) is 5. The van der Waals surface area contributed by atoms with Crippen molar-refractivity contribution in [3.05, 3.63) is 47.7 Å². The summed E-state index contributed by atoms with van der Waals surface area (Å²) in [7, 11) is 0. The van der Waals surface area contributed by atoms with E-state index in [1.165, 1.54) is 16.9 Å². The quantitative estimate of drug-likeness (QED) is 0.727. The second-order valence-corrected chi connectivity index (χ2v) is 8.08. The van der Waals surface area contributed by atoms with Gasteiger partial charge in [0.25, 0.3) is 0 Å². The van der Waals surface area contributed by atoms with Crippen LogP contribution in [0.1, 0.15) is 18.1 Å². The number of amides is 2. The van der Waals surface area contributed by atoms with Gasteiger partial charge in [-0.05, 0) is 50.1 Å². The van der Waals surface area contributed by atoms with Crippen molar-refractivity contribution >= 4 is 38.5 Å². The molecule has 0 bridgehead atoms. The molecule has 0 radical (unpaired) electrons. The van der Waals surface area contributed by atoms with Gasteiger partial charge in [0.1, 0.15) is 5.82 Å². The van der Waals surface area contributed by atoms with Crippen molar-refractivity contribution in [1.82, 2.24) is 14.9 Å². The maximum Gasteiger partial charge on any atom is 0.324 e. The van der Waals surface area contributed by atoms with Crippen LogP contribution >= 0.6 is 11.3 Å². The summed E-state index contributed by atoms with van der Waals surface area (Å²) in [5.41, 5.74) is 3.26. The van der Waals surface area contributed by atoms with Crippen LogP contribution in [-0.2, 0) is 0 Å². The molecule has 0 aliphatic carbocycles. The second-order valence-electron chi connectivity index (χ2n) is 7.05. The fraction of sp³-hybridized carbons (Fsp3) is 0.350. The molecule has 3 aromatic rings. The van der Waals surface area contributed by atoms with E-state index >= 15 is 0 Å². The number of fused-ring (bicyclic) bond motifs is 1. The van der Waals surface area contributed by atoms with Crippen molar-refractivity contribution in [1.29, 1.82) is 0 Å². The number of aryl methyl sites for hydroxylation is 2. The summed E-state index contributed by atoms with van der Waals surface area (Å²) in [5.74, 6) is 1.01. The number of benzene rings is 1. The molecule has 2 aromatic heterocycles. The van der Waals surface area contributed by atoms with Crippen molar-refractivity contribution in [3.63, 3.8) is 0 Å². The largest absolute Gasteiger partial charge is 0.353 e. The van der Waals surface area contributed by atoms with Gasteiger partial charge in [0, 0.05) is 31.9 Å². The molecule has 1 aliphatic rings. The van der Waals surface area contributed by atoms with E-state index < -0.39 is 0 Å². The highest BCUT2D eigenvalue weighted by Crippen LogP contribution is 2.27. The molecular formula is C20H23N5OS. The highest BCUT2D eigenvalue weighted by Gasteiger charge is 2.29. The Hall–Kier alpha value is -2.67. The van der Waals surface area contributed by atoms with Crippen LogP contribution in [0.15, 0.2) is 36.5 Å². The first kappa shape index (κ1) is 17.7. The third-order valence-electron chi connectivity index (χ3n) is 4.93. The Morgan fingerprint density at radius 3 is 2.89 bits per heavy atom. The van der Waals surface area contributed by atoms with Crippen molar-refractivity contribution in [3.8, 4) is 0 Å². The van der Waals surface area contributed by atoms with Crippen molar-refractivity contribution < 1.29 is 4.79 Å². The number of nitrogens with one attached hydrogen (secondary N) is 1. The van der Waals surface area contributed by atoms with Crippen LogP contribution in [0.5, 0.6) is 0 Å². The van der Waals surface area contributed by atoms with E-state index in [2.05, 4.69) is 52.2 Å². The van der Waals surface area contributed by atoms with Gasteiger partial charge >= 0.3 is 6.03 Å². The lowest BCUT2D eigenvalue weighted by Crippen LogP contribution is -2.55. The number of rotatable bonds is 2. The molecule has 140 valence electrons. The number of thiazole rings is 1. The zero-order valence-electron chi connectivity index (χ0n) is 15.8. The van der Waals surface area contributed by atoms with Gasteiger partial charge < -0.3 is 9.80 Å². The lowest BCUT2D eigenvalue weighted by Gasteiger charge is -2.40. The van der Waals surface area contributed by atoms with Gasteiger partial charge in [-0.3, -0.25) is 5.32 Å². The molecule has 1 atom stereocenters. The van der Waals surface area contributed by atoms with Crippen LogP contribution < -0.4 is 10.2 Å². The first-order valence-electron chi connectivity index (χ1n) is 9.12. The third kappa shape index (κ3) is 3.60. The van der Waals surface area contributed by atoms with E-state index in [1.54, 1.807) is 0 Å². The number of urea groups is 1. The van der Waals surface area contributed by atoms with E-state index in [1.807, 2.05) is 30.2 Å². The van der Waals surface area contributed by atoms with Gasteiger partial charge in [-0.2, -0.15) is 0 Å². The van der Waals surface area contributed by atoms with Gasteiger partial charge in [-0.15, -0.1) is 0 Å². The third-order valence-corrected chi connectivity index (χ3v) is 5.88. The van der Waals surface area contributed by atoms with Crippen molar-refractivity contribution in [2.24, 2.45) is 0 Å². The molecule has 2 amide bonds. The summed E-state index contributed by atoms with van der Waals surface area (Å²) in [4.78, 5) is 26.0. The Morgan fingerprint density at radius 1 is 1.26 bits per heavy atom. The molecule has 1 N–H and O–H groups in total. The average Bonchev–Trinajstić information content (AvgIpc) is 3.03. The van der Waals surface area contributed by atoms with Gasteiger partial charge in [-0.25, -0.2) is 14.8 Å². The van der Waals surface area contributed by atoms with E-state index in [0.29, 0.717) is 11.7 Å². The van der Waals surface area contributed by atoms with Gasteiger partial charge in [0.2, 0.25) is 0 Å². The molecule has 0 spiro atoms. The van der Waals surface area contributed by atoms with Crippen LogP contribution in [0.25, 0.3) is 10.2 Å². The Bertz CT molecular complexity index is 985. The molecule has 1 fully saturated rings. The fourth-order valence-corrected chi connectivity index (χ4v) is 4.35. The molecule has 1 aromatic carbocycles. The summed E-state index contributed by atoms with van der Waals surface area (Å²) in [6, 6.07) is 10.2. The lowest BCUT2D eigenvalue weighted by atomic mass is 10.1. The number of piperazine rings is 1. The number of hydrogen-bond donors (Lipinski definition) is 1. The molecule has 1 unspecified atom stereocenters. The number of carbonyl (C=O) groups is 1. The molecule has 4 rings (SSSR count). The molecule has 7 heteroatoms. The highest BCUT2D eigenvalue weighted by molar-refractivity contribution is 7.22. The average molecular weight is 382 g/mol. The second kappa shape index (κ2) is 7.15. The summed E-state index contributed by atoms with van der Waals surface area (Å²) in [6.45, 7) is 8.39. The molecule has 6 nitrogen and oxygen atoms in total. The highest BCUT2D eigenvalue weighted by atomic mass is 32.1. The van der Waals surface area contributed by atoms with E-state index in [9.17, 15) is 4.79 Å². The van der Waals surface area contributed by atoms with Crippen LogP contribution in [0.4, 0.5) is 15.7 Å². The van der Waals surface area contributed by atoms with E-state index in [0.717, 1.165) is 34.7 Å². The predicted molar refractivity (Wildman–Crippen MR) is 111 cm³/mol. The molecule has 1 aliphatic heterocycles. The zero-order chi connectivity index (χ0) is 19.0. The standard InChI is InChI=1S/C20H23N5OS/c1-13-6-7-17-16(11-13)22-19(27-17)23-20(26)25-10-9-24(12-15(25)3)18-14(2)5-4-8-21-18/h4-8,11,15H,9-10,12H2,1-3H3,(H,22,23,26). The Morgan fingerprint density at radius 2 is 2.11 bits per heavy atom. The van der Waals surface area contributed by atoms with Gasteiger partial charge in [-0.1, -0.05) is 23.5 Å². The Kier molecular flexibility index (Phi) is 4.70. The maximum atomic E-state index is 12.8. The van der Waals surface area contributed by atoms with Crippen LogP contribution in [0.3, 0.4) is 0 Å². The van der Waals surface area contributed by atoms with Crippen LogP contribution in [0.2, 0.25) is 0 Å². The minimum Gasteiger partial charge on any atom is -0.353 e. The van der Waals surface area contributed by atoms with Gasteiger partial charge in [0.15, 0.2) is 5.13 Å². The monoisotopic (exact) mass is 381 g/mol. The summed E-state index contributed by atoms with van der Waals surface area (Å²) in [5, 5.41) is 3.63. The molecular weight excluding hydrogens is 358 g/mol. The number of aromatic nitrogens is 2. The maximum absolute atomic E-state index is 12.8. The Labute approximate surface area is 162 Å². The summed E-state index contributed by atoms with van der Waals surface area (Å²) >= 11 is 1.51. The van der Waals surface area contributed by atoms with Gasteiger partial charge in [0.05, 0.1) is 10.2 Å². The number of anilines is 2. The normalized spacial score (nSPS) is 17.4. The predicted octanol–water partition coefficient (Wildman–Crippen LogP) is 4.05. The molecule has 3 heterocycles. The fourth-order valence-electron chi connectivity index (χ4n) is 3.51. The minimum absolute atomic E-state index is 0.0873.